The molecule has 188 valence electrons. The molecule has 37 heavy (non-hydrogen) atoms. The van der Waals surface area contributed by atoms with Gasteiger partial charge in [-0.15, -0.1) is 0 Å². The number of aliphatic hydroxyl groups excluding tert-OH is 1. The van der Waals surface area contributed by atoms with Crippen molar-refractivity contribution in [1.29, 1.82) is 0 Å². The number of aromatic hydroxyl groups is 1. The van der Waals surface area contributed by atoms with Crippen molar-refractivity contribution in [3.63, 3.8) is 0 Å². The Morgan fingerprint density at radius 1 is 0.919 bits per heavy atom. The molecule has 3 aromatic rings. The lowest BCUT2D eigenvalue weighted by Crippen LogP contribution is -2.48. The predicted octanol–water partition coefficient (Wildman–Crippen LogP) is 6.42. The molecule has 3 aromatic carbocycles. The van der Waals surface area contributed by atoms with Gasteiger partial charge in [0.1, 0.15) is 19.0 Å². The van der Waals surface area contributed by atoms with Gasteiger partial charge in [-0.05, 0) is 103 Å². The van der Waals surface area contributed by atoms with Crippen LogP contribution in [0.5, 0.6) is 5.75 Å². The van der Waals surface area contributed by atoms with Gasteiger partial charge in [0.15, 0.2) is 0 Å². The van der Waals surface area contributed by atoms with Crippen LogP contribution in [-0.2, 0) is 16.9 Å². The van der Waals surface area contributed by atoms with Crippen LogP contribution in [0.2, 0.25) is 0 Å². The van der Waals surface area contributed by atoms with E-state index in [-0.39, 0.29) is 12.0 Å². The van der Waals surface area contributed by atoms with E-state index in [9.17, 15) is 5.11 Å². The van der Waals surface area contributed by atoms with Crippen molar-refractivity contribution in [2.75, 3.05) is 6.61 Å². The predicted molar refractivity (Wildman–Crippen MR) is 146 cm³/mol. The van der Waals surface area contributed by atoms with Gasteiger partial charge in [-0.1, -0.05) is 59.5 Å². The molecule has 4 aliphatic rings. The van der Waals surface area contributed by atoms with E-state index in [0.717, 1.165) is 51.1 Å². The van der Waals surface area contributed by atoms with Crippen molar-refractivity contribution in [3.8, 4) is 28.7 Å². The minimum absolute atomic E-state index is 0.106. The lowest BCUT2D eigenvalue weighted by Gasteiger charge is -2.57. The minimum Gasteiger partial charge on any atom is -0.508 e. The van der Waals surface area contributed by atoms with Crippen LogP contribution in [0.4, 0.5) is 0 Å². The van der Waals surface area contributed by atoms with Crippen molar-refractivity contribution in [2.45, 2.75) is 50.5 Å². The summed E-state index contributed by atoms with van der Waals surface area (Å²) in [5.74, 6) is 8.58. The van der Waals surface area contributed by atoms with Gasteiger partial charge in [0, 0.05) is 16.7 Å². The van der Waals surface area contributed by atoms with E-state index < -0.39 is 0 Å². The molecule has 4 heteroatoms. The Balaban J connectivity index is 1.33. The Hall–Kier alpha value is -3.55. The fourth-order valence-corrected chi connectivity index (χ4v) is 7.50. The standard InChI is InChI=1S/C33H33NO3/c35-12-4-7-23-8-10-30(29(16-23)21-34-37-22-24-5-2-1-3-6-24)28-9-11-32(36)31(17-28)33-18-25-13-26(19-33)15-27(14-25)20-33/h1-3,5-6,8-11,16-17,21,25-27,35-36H,12-15,18-20,22H2/b34-21-. The molecule has 0 atom stereocenters. The van der Waals surface area contributed by atoms with Crippen molar-refractivity contribution in [3.05, 3.63) is 89.0 Å². The summed E-state index contributed by atoms with van der Waals surface area (Å²) in [7, 11) is 0. The molecular weight excluding hydrogens is 458 g/mol. The third-order valence-corrected chi connectivity index (χ3v) is 8.62. The average molecular weight is 492 g/mol. The SMILES string of the molecule is OCC#Cc1ccc(-c2ccc(O)c(C34CC5CC(CC(C5)C3)C4)c2)c(/C=N\OCc2ccccc2)c1. The van der Waals surface area contributed by atoms with Crippen LogP contribution in [0.15, 0.2) is 71.9 Å². The fourth-order valence-electron chi connectivity index (χ4n) is 7.50. The van der Waals surface area contributed by atoms with Crippen molar-refractivity contribution < 1.29 is 15.1 Å². The molecular formula is C33H33NO3. The molecule has 0 aliphatic heterocycles. The molecule has 4 saturated carbocycles. The first-order chi connectivity index (χ1) is 18.1. The van der Waals surface area contributed by atoms with Crippen LogP contribution in [0.3, 0.4) is 0 Å². The summed E-state index contributed by atoms with van der Waals surface area (Å²) in [6, 6.07) is 22.0. The fraction of sp³-hybridized carbons (Fsp3) is 0.364. The third kappa shape index (κ3) is 4.89. The molecule has 0 spiro atoms. The Bertz CT molecular complexity index is 1330. The number of phenolic OH excluding ortho intramolecular Hbond substituents is 1. The summed E-state index contributed by atoms with van der Waals surface area (Å²) >= 11 is 0. The molecule has 0 saturated heterocycles. The topological polar surface area (TPSA) is 62.0 Å². The quantitative estimate of drug-likeness (QED) is 0.238. The second-order valence-corrected chi connectivity index (χ2v) is 11.2. The summed E-state index contributed by atoms with van der Waals surface area (Å²) in [5, 5.41) is 24.5. The summed E-state index contributed by atoms with van der Waals surface area (Å²) in [6.45, 7) is 0.212. The van der Waals surface area contributed by atoms with Gasteiger partial charge in [0.2, 0.25) is 0 Å². The van der Waals surface area contributed by atoms with E-state index in [1.54, 1.807) is 6.21 Å². The zero-order chi connectivity index (χ0) is 25.2. The van der Waals surface area contributed by atoms with Crippen LogP contribution in [0, 0.1) is 29.6 Å². The van der Waals surface area contributed by atoms with Crippen molar-refractivity contribution in [2.24, 2.45) is 22.9 Å². The van der Waals surface area contributed by atoms with E-state index in [1.807, 2.05) is 54.6 Å². The summed E-state index contributed by atoms with van der Waals surface area (Å²) in [6.07, 6.45) is 9.46. The van der Waals surface area contributed by atoms with E-state index in [2.05, 4.69) is 29.1 Å². The molecule has 0 radical (unpaired) electrons. The molecule has 4 bridgehead atoms. The highest BCUT2D eigenvalue weighted by atomic mass is 16.6. The van der Waals surface area contributed by atoms with Gasteiger partial charge in [0.25, 0.3) is 0 Å². The largest absolute Gasteiger partial charge is 0.508 e. The van der Waals surface area contributed by atoms with Gasteiger partial charge in [-0.2, -0.15) is 0 Å². The van der Waals surface area contributed by atoms with Gasteiger partial charge in [0.05, 0.1) is 6.21 Å². The number of phenols is 1. The van der Waals surface area contributed by atoms with Crippen molar-refractivity contribution >= 4 is 6.21 Å². The molecule has 4 nitrogen and oxygen atoms in total. The third-order valence-electron chi connectivity index (χ3n) is 8.62. The number of nitrogens with zero attached hydrogens (tertiary/aromatic N) is 1. The Kier molecular flexibility index (Phi) is 6.49. The number of oxime groups is 1. The summed E-state index contributed by atoms with van der Waals surface area (Å²) in [5.41, 5.74) is 6.07. The van der Waals surface area contributed by atoms with Gasteiger partial charge in [-0.3, -0.25) is 0 Å². The Morgan fingerprint density at radius 3 is 2.35 bits per heavy atom. The monoisotopic (exact) mass is 491 g/mol. The molecule has 0 amide bonds. The number of rotatable bonds is 6. The van der Waals surface area contributed by atoms with Gasteiger partial charge >= 0.3 is 0 Å². The first-order valence-corrected chi connectivity index (χ1v) is 13.4. The summed E-state index contributed by atoms with van der Waals surface area (Å²) in [4.78, 5) is 5.60. The second kappa shape index (κ2) is 10.1. The lowest BCUT2D eigenvalue weighted by molar-refractivity contribution is -0.00611. The average Bonchev–Trinajstić information content (AvgIpc) is 2.90. The van der Waals surface area contributed by atoms with Crippen LogP contribution < -0.4 is 0 Å². The maximum Gasteiger partial charge on any atom is 0.142 e. The minimum atomic E-state index is -0.183. The maximum atomic E-state index is 11.0. The molecule has 0 unspecified atom stereocenters. The number of hydrogen-bond donors (Lipinski definition) is 2. The molecule has 7 rings (SSSR count). The summed E-state index contributed by atoms with van der Waals surface area (Å²) < 4.78 is 0. The Labute approximate surface area is 219 Å². The first kappa shape index (κ1) is 23.8. The molecule has 4 aliphatic carbocycles. The highest BCUT2D eigenvalue weighted by Crippen LogP contribution is 2.62. The molecule has 4 fully saturated rings. The Morgan fingerprint density at radius 2 is 1.65 bits per heavy atom. The smallest absolute Gasteiger partial charge is 0.142 e. The van der Waals surface area contributed by atoms with Crippen molar-refractivity contribution in [1.82, 2.24) is 0 Å². The molecule has 0 heterocycles. The van der Waals surface area contributed by atoms with E-state index in [4.69, 9.17) is 9.94 Å². The van der Waals surface area contributed by atoms with Crippen LogP contribution >= 0.6 is 0 Å². The second-order valence-electron chi connectivity index (χ2n) is 11.2. The van der Waals surface area contributed by atoms with E-state index in [1.165, 1.54) is 38.5 Å². The molecule has 0 aromatic heterocycles. The highest BCUT2D eigenvalue weighted by molar-refractivity contribution is 5.91. The lowest BCUT2D eigenvalue weighted by atomic mass is 9.48. The van der Waals surface area contributed by atoms with Crippen LogP contribution in [0.1, 0.15) is 60.8 Å². The van der Waals surface area contributed by atoms with Gasteiger partial charge < -0.3 is 15.1 Å². The number of hydrogen-bond acceptors (Lipinski definition) is 4. The maximum absolute atomic E-state index is 11.0. The van der Waals surface area contributed by atoms with E-state index >= 15 is 0 Å². The van der Waals surface area contributed by atoms with Gasteiger partial charge in [-0.25, -0.2) is 0 Å². The van der Waals surface area contributed by atoms with Crippen LogP contribution in [-0.4, -0.2) is 23.0 Å². The number of aliphatic hydroxyl groups is 1. The zero-order valence-corrected chi connectivity index (χ0v) is 21.1. The first-order valence-electron chi connectivity index (χ1n) is 13.4. The van der Waals surface area contributed by atoms with E-state index in [0.29, 0.717) is 12.4 Å². The van der Waals surface area contributed by atoms with Crippen LogP contribution in [0.25, 0.3) is 11.1 Å². The molecule has 2 N–H and O–H groups in total. The normalized spacial score (nSPS) is 25.7. The number of benzene rings is 3. The zero-order valence-electron chi connectivity index (χ0n) is 21.1. The highest BCUT2D eigenvalue weighted by Gasteiger charge is 2.52.